The molecule has 0 spiro atoms. The highest BCUT2D eigenvalue weighted by atomic mass is 16.6. The van der Waals surface area contributed by atoms with E-state index in [2.05, 4.69) is 0 Å². The number of carbonyl (C=O) groups is 1. The molecule has 0 aromatic rings. The number of esters is 1. The number of aliphatic hydroxyl groups excluding tert-OH is 2. The van der Waals surface area contributed by atoms with Crippen LogP contribution in [0.3, 0.4) is 0 Å². The maximum Gasteiger partial charge on any atom is 0.306 e. The first-order valence-corrected chi connectivity index (χ1v) is 5.07. The van der Waals surface area contributed by atoms with Crippen molar-refractivity contribution in [3.63, 3.8) is 0 Å². The third kappa shape index (κ3) is 2.04. The normalized spacial score (nSPS) is 41.9. The molecule has 5 heteroatoms. The van der Waals surface area contributed by atoms with Gasteiger partial charge in [0.05, 0.1) is 12.5 Å². The SMILES string of the molecule is N[C@H](O)/C=C/[C@@H]1[C@H]2CC(=O)O[C@H]2C[C@H]1O. The molecule has 2 fully saturated rings. The van der Waals surface area contributed by atoms with Gasteiger partial charge in [-0.25, -0.2) is 0 Å². The van der Waals surface area contributed by atoms with E-state index in [1.807, 2.05) is 0 Å². The van der Waals surface area contributed by atoms with E-state index in [1.165, 1.54) is 6.08 Å². The van der Waals surface area contributed by atoms with Gasteiger partial charge in [0.15, 0.2) is 0 Å². The smallest absolute Gasteiger partial charge is 0.306 e. The summed E-state index contributed by atoms with van der Waals surface area (Å²) in [6.45, 7) is 0. The van der Waals surface area contributed by atoms with Crippen LogP contribution in [-0.4, -0.2) is 34.6 Å². The van der Waals surface area contributed by atoms with Crippen LogP contribution in [0.4, 0.5) is 0 Å². The Balaban J connectivity index is 2.07. The fourth-order valence-corrected chi connectivity index (χ4v) is 2.43. The molecule has 1 aliphatic carbocycles. The van der Waals surface area contributed by atoms with Crippen molar-refractivity contribution in [2.24, 2.45) is 17.6 Å². The lowest BCUT2D eigenvalue weighted by Crippen LogP contribution is -2.20. The van der Waals surface area contributed by atoms with Gasteiger partial charge in [-0.05, 0) is 6.08 Å². The van der Waals surface area contributed by atoms with E-state index in [-0.39, 0.29) is 23.9 Å². The zero-order valence-electron chi connectivity index (χ0n) is 8.24. The first-order valence-electron chi connectivity index (χ1n) is 5.07. The van der Waals surface area contributed by atoms with E-state index in [9.17, 15) is 9.90 Å². The van der Waals surface area contributed by atoms with Crippen molar-refractivity contribution >= 4 is 5.97 Å². The average molecular weight is 213 g/mol. The van der Waals surface area contributed by atoms with Gasteiger partial charge in [-0.2, -0.15) is 0 Å². The minimum absolute atomic E-state index is 0.0301. The van der Waals surface area contributed by atoms with Crippen molar-refractivity contribution in [3.8, 4) is 0 Å². The highest BCUT2D eigenvalue weighted by molar-refractivity contribution is 5.72. The number of aliphatic hydroxyl groups is 2. The molecule has 0 aromatic heterocycles. The highest BCUT2D eigenvalue weighted by Gasteiger charge is 2.48. The Morgan fingerprint density at radius 3 is 3.00 bits per heavy atom. The highest BCUT2D eigenvalue weighted by Crippen LogP contribution is 2.41. The van der Waals surface area contributed by atoms with E-state index in [0.717, 1.165) is 0 Å². The minimum atomic E-state index is -1.02. The summed E-state index contributed by atoms with van der Waals surface area (Å²) in [5.41, 5.74) is 5.17. The van der Waals surface area contributed by atoms with E-state index in [1.54, 1.807) is 6.08 Å². The monoisotopic (exact) mass is 213 g/mol. The van der Waals surface area contributed by atoms with E-state index >= 15 is 0 Å². The Bertz CT molecular complexity index is 289. The molecule has 1 saturated heterocycles. The molecule has 1 aliphatic heterocycles. The van der Waals surface area contributed by atoms with Gasteiger partial charge in [-0.3, -0.25) is 4.79 Å². The Kier molecular flexibility index (Phi) is 2.77. The predicted octanol–water partition coefficient (Wildman–Crippen LogP) is -0.868. The summed E-state index contributed by atoms with van der Waals surface area (Å²) in [5, 5.41) is 18.6. The molecule has 5 nitrogen and oxygen atoms in total. The third-order valence-electron chi connectivity index (χ3n) is 3.11. The summed E-state index contributed by atoms with van der Waals surface area (Å²) in [7, 11) is 0. The van der Waals surface area contributed by atoms with Crippen LogP contribution >= 0.6 is 0 Å². The van der Waals surface area contributed by atoms with Gasteiger partial charge in [0.2, 0.25) is 0 Å². The summed E-state index contributed by atoms with van der Waals surface area (Å²) < 4.78 is 5.07. The molecule has 15 heavy (non-hydrogen) atoms. The largest absolute Gasteiger partial charge is 0.462 e. The molecule has 1 heterocycles. The molecular weight excluding hydrogens is 198 g/mol. The number of carbonyl (C=O) groups excluding carboxylic acids is 1. The maximum atomic E-state index is 11.0. The molecular formula is C10H15NO4. The minimum Gasteiger partial charge on any atom is -0.462 e. The molecule has 0 bridgehead atoms. The van der Waals surface area contributed by atoms with Gasteiger partial charge in [0, 0.05) is 18.3 Å². The van der Waals surface area contributed by atoms with Crippen molar-refractivity contribution in [2.75, 3.05) is 0 Å². The molecule has 1 saturated carbocycles. The number of hydrogen-bond donors (Lipinski definition) is 3. The second kappa shape index (κ2) is 3.92. The molecule has 5 atom stereocenters. The van der Waals surface area contributed by atoms with Crippen LogP contribution in [0.5, 0.6) is 0 Å². The van der Waals surface area contributed by atoms with Gasteiger partial charge < -0.3 is 20.7 Å². The van der Waals surface area contributed by atoms with Crippen LogP contribution in [0.15, 0.2) is 12.2 Å². The summed E-state index contributed by atoms with van der Waals surface area (Å²) in [6, 6.07) is 0. The quantitative estimate of drug-likeness (QED) is 0.315. The fraction of sp³-hybridized carbons (Fsp3) is 0.700. The van der Waals surface area contributed by atoms with Gasteiger partial charge in [-0.1, -0.05) is 6.08 Å². The second-order valence-corrected chi connectivity index (χ2v) is 4.15. The van der Waals surface area contributed by atoms with Gasteiger partial charge in [0.1, 0.15) is 12.3 Å². The zero-order valence-corrected chi connectivity index (χ0v) is 8.24. The molecule has 4 N–H and O–H groups in total. The average Bonchev–Trinajstić information content (AvgIpc) is 2.57. The lowest BCUT2D eigenvalue weighted by molar-refractivity contribution is -0.141. The summed E-state index contributed by atoms with van der Waals surface area (Å²) in [6.07, 6.45) is 2.24. The van der Waals surface area contributed by atoms with Crippen LogP contribution in [0.25, 0.3) is 0 Å². The number of nitrogens with two attached hydrogens (primary N) is 1. The summed E-state index contributed by atoms with van der Waals surface area (Å²) in [5.74, 6) is -0.314. The summed E-state index contributed by atoms with van der Waals surface area (Å²) >= 11 is 0. The Morgan fingerprint density at radius 1 is 1.60 bits per heavy atom. The van der Waals surface area contributed by atoms with Crippen LogP contribution < -0.4 is 5.73 Å². The first-order chi connectivity index (χ1) is 7.08. The number of rotatable bonds is 2. The predicted molar refractivity (Wildman–Crippen MR) is 51.4 cm³/mol. The van der Waals surface area contributed by atoms with Gasteiger partial charge >= 0.3 is 5.97 Å². The van der Waals surface area contributed by atoms with Crippen LogP contribution in [0.1, 0.15) is 12.8 Å². The third-order valence-corrected chi connectivity index (χ3v) is 3.11. The molecule has 2 aliphatic rings. The second-order valence-electron chi connectivity index (χ2n) is 4.15. The van der Waals surface area contributed by atoms with Gasteiger partial charge in [-0.15, -0.1) is 0 Å². The van der Waals surface area contributed by atoms with E-state index in [4.69, 9.17) is 15.6 Å². The first kappa shape index (κ1) is 10.6. The molecule has 0 radical (unpaired) electrons. The molecule has 0 amide bonds. The number of hydrogen-bond acceptors (Lipinski definition) is 5. The maximum absolute atomic E-state index is 11.0. The van der Waals surface area contributed by atoms with E-state index in [0.29, 0.717) is 12.8 Å². The molecule has 0 aromatic carbocycles. The van der Waals surface area contributed by atoms with Gasteiger partial charge in [0.25, 0.3) is 0 Å². The Hall–Kier alpha value is -0.910. The van der Waals surface area contributed by atoms with Crippen molar-refractivity contribution in [1.82, 2.24) is 0 Å². The van der Waals surface area contributed by atoms with Crippen LogP contribution in [0.2, 0.25) is 0 Å². The standard InChI is InChI=1S/C10H15NO4/c11-9(13)2-1-5-6-3-10(14)15-8(6)4-7(5)12/h1-2,5-9,12-13H,3-4,11H2/b2-1+/t5-,6-,7-,8+,9-/m1/s1. The Morgan fingerprint density at radius 2 is 2.33 bits per heavy atom. The zero-order chi connectivity index (χ0) is 11.0. The molecule has 0 unspecified atom stereocenters. The van der Waals surface area contributed by atoms with Crippen molar-refractivity contribution < 1.29 is 19.7 Å². The lowest BCUT2D eigenvalue weighted by atomic mass is 9.92. The van der Waals surface area contributed by atoms with Crippen LogP contribution in [-0.2, 0) is 9.53 Å². The fourth-order valence-electron chi connectivity index (χ4n) is 2.43. The van der Waals surface area contributed by atoms with Crippen molar-refractivity contribution in [3.05, 3.63) is 12.2 Å². The lowest BCUT2D eigenvalue weighted by Gasteiger charge is -2.14. The van der Waals surface area contributed by atoms with E-state index < -0.39 is 12.3 Å². The molecule has 2 rings (SSSR count). The Labute approximate surface area is 87.5 Å². The van der Waals surface area contributed by atoms with Crippen molar-refractivity contribution in [2.45, 2.75) is 31.3 Å². The topological polar surface area (TPSA) is 92.8 Å². The number of fused-ring (bicyclic) bond motifs is 1. The van der Waals surface area contributed by atoms with Crippen molar-refractivity contribution in [1.29, 1.82) is 0 Å². The van der Waals surface area contributed by atoms with Crippen LogP contribution in [0, 0.1) is 11.8 Å². The number of ether oxygens (including phenoxy) is 1. The molecule has 84 valence electrons. The summed E-state index contributed by atoms with van der Waals surface area (Å²) in [4.78, 5) is 11.0.